The van der Waals surface area contributed by atoms with Crippen molar-refractivity contribution in [1.82, 2.24) is 15.0 Å². The smallest absolute Gasteiger partial charge is 0.178 e. The Morgan fingerprint density at radius 3 is 2.31 bits per heavy atom. The molecule has 0 saturated carbocycles. The maximum Gasteiger partial charge on any atom is 0.178 e. The van der Waals surface area contributed by atoms with Crippen molar-refractivity contribution < 1.29 is 8.42 Å². The molecule has 8 heteroatoms. The molecule has 4 rings (SSSR count). The molecule has 2 aromatic carbocycles. The van der Waals surface area contributed by atoms with Gasteiger partial charge >= 0.3 is 0 Å². The third-order valence-electron chi connectivity index (χ3n) is 4.40. The largest absolute Gasteiger partial charge is 0.340 e. The summed E-state index contributed by atoms with van der Waals surface area (Å²) in [4.78, 5) is 13.1. The summed E-state index contributed by atoms with van der Waals surface area (Å²) in [6.07, 6.45) is 3.23. The van der Waals surface area contributed by atoms with Crippen LogP contribution in [0.15, 0.2) is 78.1 Å². The SMILES string of the molecule is CCS(=O)(=O)c1cccc(Nc2cc(Nc3cc4ccccc4cn3)ncn2)c1. The molecule has 0 aliphatic carbocycles. The van der Waals surface area contributed by atoms with Crippen molar-refractivity contribution >= 4 is 43.8 Å². The lowest BCUT2D eigenvalue weighted by Crippen LogP contribution is -2.04. The van der Waals surface area contributed by atoms with E-state index in [1.54, 1.807) is 43.5 Å². The molecule has 0 atom stereocenters. The second kappa shape index (κ2) is 7.84. The van der Waals surface area contributed by atoms with Crippen molar-refractivity contribution in [2.24, 2.45) is 0 Å². The molecule has 4 aromatic rings. The molecule has 0 unspecified atom stereocenters. The van der Waals surface area contributed by atoms with Crippen molar-refractivity contribution in [3.8, 4) is 0 Å². The highest BCUT2D eigenvalue weighted by Gasteiger charge is 2.12. The quantitative estimate of drug-likeness (QED) is 0.493. The van der Waals surface area contributed by atoms with Crippen molar-refractivity contribution in [3.63, 3.8) is 0 Å². The van der Waals surface area contributed by atoms with Crippen LogP contribution in [0.2, 0.25) is 0 Å². The summed E-state index contributed by atoms with van der Waals surface area (Å²) in [5.41, 5.74) is 0.632. The molecule has 7 nitrogen and oxygen atoms in total. The average Bonchev–Trinajstić information content (AvgIpc) is 2.74. The molecule has 0 bridgehead atoms. The zero-order valence-corrected chi connectivity index (χ0v) is 16.5. The molecular formula is C21H19N5O2S. The summed E-state index contributed by atoms with van der Waals surface area (Å²) in [6.45, 7) is 1.62. The van der Waals surface area contributed by atoms with Crippen LogP contribution >= 0.6 is 0 Å². The molecule has 0 spiro atoms. The van der Waals surface area contributed by atoms with Crippen LogP contribution in [0.4, 0.5) is 23.1 Å². The Morgan fingerprint density at radius 2 is 1.52 bits per heavy atom. The van der Waals surface area contributed by atoms with Gasteiger partial charge in [0.1, 0.15) is 23.8 Å². The third kappa shape index (κ3) is 4.33. The van der Waals surface area contributed by atoms with E-state index in [-0.39, 0.29) is 10.6 Å². The molecule has 0 amide bonds. The van der Waals surface area contributed by atoms with Gasteiger partial charge in [-0.3, -0.25) is 0 Å². The van der Waals surface area contributed by atoms with Crippen molar-refractivity contribution in [3.05, 3.63) is 73.2 Å². The second-order valence-electron chi connectivity index (χ2n) is 6.39. The fourth-order valence-corrected chi connectivity index (χ4v) is 3.78. The van der Waals surface area contributed by atoms with Gasteiger partial charge < -0.3 is 10.6 Å². The molecule has 2 heterocycles. The Bertz CT molecular complexity index is 1270. The van der Waals surface area contributed by atoms with Gasteiger partial charge in [-0.05, 0) is 29.7 Å². The molecule has 0 aliphatic rings. The summed E-state index contributed by atoms with van der Waals surface area (Å²) in [5.74, 6) is 1.83. The first-order valence-corrected chi connectivity index (χ1v) is 10.7. The molecule has 0 radical (unpaired) electrons. The number of nitrogens with zero attached hydrogens (tertiary/aromatic N) is 3. The Morgan fingerprint density at radius 1 is 0.793 bits per heavy atom. The maximum absolute atomic E-state index is 12.1. The molecule has 2 N–H and O–H groups in total. The van der Waals surface area contributed by atoms with Crippen LogP contribution in [0.1, 0.15) is 6.92 Å². The molecule has 0 fully saturated rings. The predicted octanol–water partition coefficient (Wildman–Crippen LogP) is 4.31. The Hall–Kier alpha value is -3.52. The van der Waals surface area contributed by atoms with Crippen molar-refractivity contribution in [1.29, 1.82) is 0 Å². The summed E-state index contributed by atoms with van der Waals surface area (Å²) < 4.78 is 24.2. The zero-order chi connectivity index (χ0) is 20.3. The number of pyridine rings is 1. The van der Waals surface area contributed by atoms with Gasteiger partial charge in [-0.15, -0.1) is 0 Å². The third-order valence-corrected chi connectivity index (χ3v) is 6.13. The van der Waals surface area contributed by atoms with Gasteiger partial charge in [0.05, 0.1) is 10.6 Å². The molecular weight excluding hydrogens is 386 g/mol. The minimum Gasteiger partial charge on any atom is -0.340 e. The van der Waals surface area contributed by atoms with Crippen LogP contribution in [-0.2, 0) is 9.84 Å². The van der Waals surface area contributed by atoms with Crippen molar-refractivity contribution in [2.45, 2.75) is 11.8 Å². The van der Waals surface area contributed by atoms with Gasteiger partial charge in [0.25, 0.3) is 0 Å². The highest BCUT2D eigenvalue weighted by molar-refractivity contribution is 7.91. The van der Waals surface area contributed by atoms with E-state index in [4.69, 9.17) is 0 Å². The fraction of sp³-hybridized carbons (Fsp3) is 0.0952. The number of aromatic nitrogens is 3. The zero-order valence-electron chi connectivity index (χ0n) is 15.7. The summed E-state index contributed by atoms with van der Waals surface area (Å²) in [5, 5.41) is 8.42. The number of nitrogens with one attached hydrogen (secondary N) is 2. The Labute approximate surface area is 168 Å². The van der Waals surface area contributed by atoms with Gasteiger partial charge in [0.2, 0.25) is 0 Å². The Balaban J connectivity index is 1.55. The lowest BCUT2D eigenvalue weighted by atomic mass is 10.2. The standard InChI is InChI=1S/C21H19N5O2S/c1-2-29(27,28)18-9-5-8-17(11-18)25-20-12-21(24-14-23-20)26-19-10-15-6-3-4-7-16(15)13-22-19/h3-14H,2H2,1H3,(H2,22,23,24,25,26). The maximum atomic E-state index is 12.1. The first-order valence-electron chi connectivity index (χ1n) is 9.07. The van der Waals surface area contributed by atoms with Gasteiger partial charge in [0.15, 0.2) is 9.84 Å². The van der Waals surface area contributed by atoms with Gasteiger partial charge in [-0.2, -0.15) is 0 Å². The molecule has 0 aliphatic heterocycles. The van der Waals surface area contributed by atoms with Crippen LogP contribution < -0.4 is 10.6 Å². The van der Waals surface area contributed by atoms with Crippen LogP contribution in [0, 0.1) is 0 Å². The number of rotatable bonds is 6. The average molecular weight is 405 g/mol. The number of hydrogen-bond acceptors (Lipinski definition) is 7. The summed E-state index contributed by atoms with van der Waals surface area (Å²) in [6, 6.07) is 18.3. The molecule has 29 heavy (non-hydrogen) atoms. The molecule has 0 saturated heterocycles. The summed E-state index contributed by atoms with van der Waals surface area (Å²) >= 11 is 0. The van der Waals surface area contributed by atoms with Crippen LogP contribution in [0.25, 0.3) is 10.8 Å². The van der Waals surface area contributed by atoms with Gasteiger partial charge in [-0.1, -0.05) is 37.3 Å². The highest BCUT2D eigenvalue weighted by Crippen LogP contribution is 2.23. The molecule has 2 aromatic heterocycles. The van der Waals surface area contributed by atoms with Crippen LogP contribution in [0.3, 0.4) is 0 Å². The molecule has 146 valence electrons. The fourth-order valence-electron chi connectivity index (χ4n) is 2.86. The monoisotopic (exact) mass is 405 g/mol. The number of sulfone groups is 1. The number of hydrogen-bond donors (Lipinski definition) is 2. The van der Waals surface area contributed by atoms with E-state index in [0.717, 1.165) is 10.8 Å². The van der Waals surface area contributed by atoms with Crippen molar-refractivity contribution in [2.75, 3.05) is 16.4 Å². The predicted molar refractivity (Wildman–Crippen MR) is 115 cm³/mol. The lowest BCUT2D eigenvalue weighted by Gasteiger charge is -2.10. The van der Waals surface area contributed by atoms with E-state index in [2.05, 4.69) is 25.6 Å². The number of anilines is 4. The first-order chi connectivity index (χ1) is 14.0. The van der Waals surface area contributed by atoms with E-state index < -0.39 is 9.84 Å². The van der Waals surface area contributed by atoms with E-state index >= 15 is 0 Å². The number of benzene rings is 2. The van der Waals surface area contributed by atoms with E-state index in [9.17, 15) is 8.42 Å². The normalized spacial score (nSPS) is 11.3. The highest BCUT2D eigenvalue weighted by atomic mass is 32.2. The topological polar surface area (TPSA) is 96.9 Å². The van der Waals surface area contributed by atoms with E-state index in [0.29, 0.717) is 23.1 Å². The number of fused-ring (bicyclic) bond motifs is 1. The lowest BCUT2D eigenvalue weighted by molar-refractivity contribution is 0.597. The second-order valence-corrected chi connectivity index (χ2v) is 8.66. The summed E-state index contributed by atoms with van der Waals surface area (Å²) in [7, 11) is -3.27. The van der Waals surface area contributed by atoms with Gasteiger partial charge in [0, 0.05) is 23.3 Å². The van der Waals surface area contributed by atoms with Crippen LogP contribution in [0.5, 0.6) is 0 Å². The van der Waals surface area contributed by atoms with Gasteiger partial charge in [-0.25, -0.2) is 23.4 Å². The Kier molecular flexibility index (Phi) is 5.09. The van der Waals surface area contributed by atoms with Crippen LogP contribution in [-0.4, -0.2) is 29.1 Å². The minimum atomic E-state index is -3.27. The first kappa shape index (κ1) is 18.8. The van der Waals surface area contributed by atoms with E-state index in [1.165, 1.54) is 6.33 Å². The van der Waals surface area contributed by atoms with E-state index in [1.807, 2.05) is 30.3 Å². The minimum absolute atomic E-state index is 0.0524.